The minimum Gasteiger partial charge on any atom is -0.410 e. The van der Waals surface area contributed by atoms with Gasteiger partial charge in [0.1, 0.15) is 5.75 Å². The molecule has 4 heteroatoms. The van der Waals surface area contributed by atoms with Crippen molar-refractivity contribution < 1.29 is 9.53 Å². The van der Waals surface area contributed by atoms with Crippen molar-refractivity contribution in [2.75, 3.05) is 27.2 Å². The van der Waals surface area contributed by atoms with E-state index in [0.717, 1.165) is 18.1 Å². The lowest BCUT2D eigenvalue weighted by molar-refractivity contribution is 0.167. The lowest BCUT2D eigenvalue weighted by Crippen LogP contribution is -2.38. The van der Waals surface area contributed by atoms with Crippen molar-refractivity contribution in [3.63, 3.8) is 0 Å². The topological polar surface area (TPSA) is 32.8 Å². The first-order chi connectivity index (χ1) is 12.6. The van der Waals surface area contributed by atoms with Crippen LogP contribution >= 0.6 is 0 Å². The monoisotopic (exact) mass is 356 g/mol. The predicted molar refractivity (Wildman–Crippen MR) is 104 cm³/mol. The molecule has 0 bridgehead atoms. The molecule has 2 aliphatic carbocycles. The maximum absolute atomic E-state index is 12.0. The van der Waals surface area contributed by atoms with Crippen LogP contribution in [0.15, 0.2) is 18.2 Å². The molecule has 1 aliphatic heterocycles. The van der Waals surface area contributed by atoms with E-state index in [4.69, 9.17) is 4.74 Å². The molecular weight excluding hydrogens is 324 g/mol. The zero-order valence-corrected chi connectivity index (χ0v) is 16.2. The van der Waals surface area contributed by atoms with Crippen molar-refractivity contribution in [2.24, 2.45) is 5.92 Å². The molecule has 1 aromatic rings. The molecule has 1 saturated heterocycles. The summed E-state index contributed by atoms with van der Waals surface area (Å²) in [6, 6.07) is 6.96. The third-order valence-corrected chi connectivity index (χ3v) is 6.70. The van der Waals surface area contributed by atoms with Crippen LogP contribution < -0.4 is 4.74 Å². The molecule has 1 heterocycles. The predicted octanol–water partition coefficient (Wildman–Crippen LogP) is 4.43. The number of carbonyl (C=O) groups is 1. The van der Waals surface area contributed by atoms with Crippen molar-refractivity contribution >= 4 is 6.09 Å². The van der Waals surface area contributed by atoms with Gasteiger partial charge in [-0.15, -0.1) is 0 Å². The fraction of sp³-hybridized carbons (Fsp3) is 0.682. The van der Waals surface area contributed by atoms with Crippen molar-refractivity contribution in [1.29, 1.82) is 0 Å². The van der Waals surface area contributed by atoms with Gasteiger partial charge >= 0.3 is 6.09 Å². The molecule has 1 aromatic carbocycles. The van der Waals surface area contributed by atoms with Gasteiger partial charge in [0.15, 0.2) is 0 Å². The van der Waals surface area contributed by atoms with Crippen LogP contribution in [-0.2, 0) is 6.42 Å². The first-order valence-corrected chi connectivity index (χ1v) is 10.4. The van der Waals surface area contributed by atoms with Crippen LogP contribution in [0.4, 0.5) is 4.79 Å². The second-order valence-electron chi connectivity index (χ2n) is 8.59. The Labute approximate surface area is 157 Å². The zero-order chi connectivity index (χ0) is 18.1. The highest BCUT2D eigenvalue weighted by Crippen LogP contribution is 2.44. The van der Waals surface area contributed by atoms with Crippen LogP contribution in [0.3, 0.4) is 0 Å². The van der Waals surface area contributed by atoms with Gasteiger partial charge in [-0.05, 0) is 61.8 Å². The smallest absolute Gasteiger partial charge is 0.410 e. The molecule has 1 amide bonds. The van der Waals surface area contributed by atoms with E-state index in [1.54, 1.807) is 14.1 Å². The standard InChI is InChI=1S/C22H32N2O2/c1-23(2)22(25)26-21-10-6-9-17-18-13-14-24(20(18)12-11-19(17)21)15-16-7-4-3-5-8-16/h6,9-10,16,18,20H,3-5,7-8,11-15H2,1-2H3. The van der Waals surface area contributed by atoms with E-state index >= 15 is 0 Å². The van der Waals surface area contributed by atoms with Crippen LogP contribution in [0.25, 0.3) is 0 Å². The van der Waals surface area contributed by atoms with Gasteiger partial charge in [0.25, 0.3) is 0 Å². The van der Waals surface area contributed by atoms with Crippen molar-refractivity contribution in [3.8, 4) is 5.75 Å². The Bertz CT molecular complexity index is 652. The molecule has 0 aromatic heterocycles. The number of amides is 1. The number of hydrogen-bond donors (Lipinski definition) is 0. The van der Waals surface area contributed by atoms with E-state index in [-0.39, 0.29) is 6.09 Å². The fourth-order valence-electron chi connectivity index (χ4n) is 5.36. The Hall–Kier alpha value is -1.55. The van der Waals surface area contributed by atoms with Crippen molar-refractivity contribution in [1.82, 2.24) is 9.80 Å². The second kappa shape index (κ2) is 7.59. The first-order valence-electron chi connectivity index (χ1n) is 10.4. The number of carbonyl (C=O) groups excluding carboxylic acids is 1. The van der Waals surface area contributed by atoms with E-state index in [9.17, 15) is 4.79 Å². The molecule has 142 valence electrons. The molecule has 4 nitrogen and oxygen atoms in total. The van der Waals surface area contributed by atoms with E-state index in [1.807, 2.05) is 6.07 Å². The molecule has 0 N–H and O–H groups in total. The van der Waals surface area contributed by atoms with Gasteiger partial charge in [-0.2, -0.15) is 0 Å². The van der Waals surface area contributed by atoms with E-state index in [0.29, 0.717) is 12.0 Å². The summed E-state index contributed by atoms with van der Waals surface area (Å²) in [4.78, 5) is 16.3. The average molecular weight is 357 g/mol. The van der Waals surface area contributed by atoms with E-state index in [1.165, 1.54) is 74.1 Å². The van der Waals surface area contributed by atoms with Gasteiger partial charge in [-0.3, -0.25) is 4.90 Å². The Kier molecular flexibility index (Phi) is 5.21. The highest BCUT2D eigenvalue weighted by atomic mass is 16.6. The minimum absolute atomic E-state index is 0.286. The van der Waals surface area contributed by atoms with Gasteiger partial charge in [0, 0.05) is 32.6 Å². The maximum atomic E-state index is 12.0. The highest BCUT2D eigenvalue weighted by Gasteiger charge is 2.40. The Morgan fingerprint density at radius 1 is 1.15 bits per heavy atom. The molecule has 1 saturated carbocycles. The Morgan fingerprint density at radius 3 is 2.73 bits per heavy atom. The summed E-state index contributed by atoms with van der Waals surface area (Å²) in [6.45, 7) is 2.53. The molecule has 26 heavy (non-hydrogen) atoms. The molecule has 3 aliphatic rings. The molecule has 2 atom stereocenters. The Morgan fingerprint density at radius 2 is 1.96 bits per heavy atom. The SMILES string of the molecule is CN(C)C(=O)Oc1cccc2c1CCC1C2CCN1CC1CCCCC1. The van der Waals surface area contributed by atoms with Crippen molar-refractivity contribution in [2.45, 2.75) is 63.3 Å². The lowest BCUT2D eigenvalue weighted by atomic mass is 9.79. The number of likely N-dealkylation sites (tertiary alicyclic amines) is 1. The Balaban J connectivity index is 1.49. The van der Waals surface area contributed by atoms with Crippen LogP contribution in [0.5, 0.6) is 5.75 Å². The van der Waals surface area contributed by atoms with Gasteiger partial charge in [0.2, 0.25) is 0 Å². The number of hydrogen-bond acceptors (Lipinski definition) is 3. The first kappa shape index (κ1) is 17.8. The summed E-state index contributed by atoms with van der Waals surface area (Å²) in [7, 11) is 3.46. The zero-order valence-electron chi connectivity index (χ0n) is 16.2. The van der Waals surface area contributed by atoms with Gasteiger partial charge < -0.3 is 9.64 Å². The van der Waals surface area contributed by atoms with Crippen LogP contribution in [0.2, 0.25) is 0 Å². The fourth-order valence-corrected chi connectivity index (χ4v) is 5.36. The third-order valence-electron chi connectivity index (χ3n) is 6.70. The number of rotatable bonds is 3. The summed E-state index contributed by atoms with van der Waals surface area (Å²) in [5.74, 6) is 2.29. The van der Waals surface area contributed by atoms with Gasteiger partial charge in [-0.1, -0.05) is 31.4 Å². The maximum Gasteiger partial charge on any atom is 0.414 e. The summed E-state index contributed by atoms with van der Waals surface area (Å²) < 4.78 is 5.64. The van der Waals surface area contributed by atoms with E-state index in [2.05, 4.69) is 17.0 Å². The van der Waals surface area contributed by atoms with Gasteiger partial charge in [-0.25, -0.2) is 4.79 Å². The average Bonchev–Trinajstić information content (AvgIpc) is 3.06. The summed E-state index contributed by atoms with van der Waals surface area (Å²) in [5.41, 5.74) is 2.69. The normalized spacial score (nSPS) is 26.2. The highest BCUT2D eigenvalue weighted by molar-refractivity contribution is 5.70. The number of nitrogens with zero attached hydrogens (tertiary/aromatic N) is 2. The number of ether oxygens (including phenoxy) is 1. The quantitative estimate of drug-likeness (QED) is 0.803. The summed E-state index contributed by atoms with van der Waals surface area (Å²) in [5, 5.41) is 0. The second-order valence-corrected chi connectivity index (χ2v) is 8.59. The lowest BCUT2D eigenvalue weighted by Gasteiger charge is -2.36. The minimum atomic E-state index is -0.286. The molecule has 2 fully saturated rings. The molecule has 0 spiro atoms. The molecule has 0 radical (unpaired) electrons. The summed E-state index contributed by atoms with van der Waals surface area (Å²) in [6.07, 6.45) is 10.3. The third kappa shape index (κ3) is 3.48. The van der Waals surface area contributed by atoms with Crippen LogP contribution in [0.1, 0.15) is 62.0 Å². The van der Waals surface area contributed by atoms with Crippen LogP contribution in [0, 0.1) is 5.92 Å². The molecule has 4 rings (SSSR count). The van der Waals surface area contributed by atoms with Gasteiger partial charge in [0.05, 0.1) is 0 Å². The van der Waals surface area contributed by atoms with Crippen molar-refractivity contribution in [3.05, 3.63) is 29.3 Å². The van der Waals surface area contributed by atoms with E-state index < -0.39 is 0 Å². The largest absolute Gasteiger partial charge is 0.414 e. The number of fused-ring (bicyclic) bond motifs is 3. The molecular formula is C22H32N2O2. The summed E-state index contributed by atoms with van der Waals surface area (Å²) >= 11 is 0. The molecule has 2 unspecified atom stereocenters. The number of benzene rings is 1. The van der Waals surface area contributed by atoms with Crippen LogP contribution in [-0.4, -0.2) is 49.1 Å².